The molecule has 0 aromatic heterocycles. The summed E-state index contributed by atoms with van der Waals surface area (Å²) in [6, 6.07) is 6.99. The first-order valence-electron chi connectivity index (χ1n) is 12.5. The Morgan fingerprint density at radius 1 is 1.00 bits per heavy atom. The van der Waals surface area contributed by atoms with E-state index in [1.54, 1.807) is 24.3 Å². The van der Waals surface area contributed by atoms with Gasteiger partial charge in [0.15, 0.2) is 0 Å². The molecule has 182 valence electrons. The number of hydrogen-bond acceptors (Lipinski definition) is 5. The number of rotatable bonds is 8. The van der Waals surface area contributed by atoms with Crippen molar-refractivity contribution in [3.63, 3.8) is 0 Å². The van der Waals surface area contributed by atoms with Crippen molar-refractivity contribution in [3.05, 3.63) is 34.9 Å². The summed E-state index contributed by atoms with van der Waals surface area (Å²) in [5.74, 6) is 0.625. The van der Waals surface area contributed by atoms with Crippen LogP contribution < -0.4 is 5.32 Å². The molecule has 3 aliphatic rings. The fourth-order valence-electron chi connectivity index (χ4n) is 5.37. The monoisotopic (exact) mass is 476 g/mol. The molecule has 0 unspecified atom stereocenters. The van der Waals surface area contributed by atoms with Crippen LogP contribution in [-0.2, 0) is 9.53 Å². The van der Waals surface area contributed by atoms with Gasteiger partial charge in [-0.2, -0.15) is 0 Å². The Morgan fingerprint density at radius 2 is 1.67 bits per heavy atom. The summed E-state index contributed by atoms with van der Waals surface area (Å²) < 4.78 is 5.41. The number of nitrogens with one attached hydrogen (secondary N) is 1. The van der Waals surface area contributed by atoms with Gasteiger partial charge in [-0.1, -0.05) is 24.4 Å². The topological polar surface area (TPSA) is 65.1 Å². The zero-order valence-electron chi connectivity index (χ0n) is 19.5. The van der Waals surface area contributed by atoms with Crippen LogP contribution in [-0.4, -0.2) is 98.1 Å². The highest BCUT2D eigenvalue weighted by Crippen LogP contribution is 2.31. The first-order chi connectivity index (χ1) is 16.1. The van der Waals surface area contributed by atoms with E-state index >= 15 is 0 Å². The molecule has 7 nitrogen and oxygen atoms in total. The van der Waals surface area contributed by atoms with Crippen LogP contribution in [0.3, 0.4) is 0 Å². The van der Waals surface area contributed by atoms with E-state index in [-0.39, 0.29) is 17.9 Å². The molecule has 2 heterocycles. The van der Waals surface area contributed by atoms with E-state index in [1.807, 2.05) is 4.90 Å². The molecule has 2 aliphatic heterocycles. The second-order valence-electron chi connectivity index (χ2n) is 9.42. The molecular formula is C25H37ClN4O3. The fourth-order valence-corrected chi connectivity index (χ4v) is 5.50. The quantitative estimate of drug-likeness (QED) is 0.584. The number of morpholine rings is 1. The molecule has 4 rings (SSSR count). The first kappa shape index (κ1) is 24.5. The molecule has 2 amide bonds. The number of carbonyl (C=O) groups excluding carboxylic acids is 2. The minimum atomic E-state index is -0.0799. The van der Waals surface area contributed by atoms with Gasteiger partial charge in [-0.05, 0) is 56.0 Å². The lowest BCUT2D eigenvalue weighted by Crippen LogP contribution is -2.58. The van der Waals surface area contributed by atoms with Gasteiger partial charge in [0.25, 0.3) is 5.91 Å². The van der Waals surface area contributed by atoms with Crippen molar-refractivity contribution in [2.75, 3.05) is 65.6 Å². The summed E-state index contributed by atoms with van der Waals surface area (Å²) in [7, 11) is 0. The number of hydrogen-bond donors (Lipinski definition) is 1. The number of amides is 2. The van der Waals surface area contributed by atoms with Gasteiger partial charge in [0.05, 0.1) is 19.3 Å². The molecule has 33 heavy (non-hydrogen) atoms. The van der Waals surface area contributed by atoms with Crippen LogP contribution in [0.25, 0.3) is 0 Å². The van der Waals surface area contributed by atoms with Gasteiger partial charge in [-0.3, -0.25) is 19.4 Å². The summed E-state index contributed by atoms with van der Waals surface area (Å²) in [6.07, 6.45) is 5.62. The number of nitrogens with zero attached hydrogens (tertiary/aromatic N) is 3. The van der Waals surface area contributed by atoms with E-state index in [0.717, 1.165) is 65.2 Å². The third kappa shape index (κ3) is 6.69. The van der Waals surface area contributed by atoms with Crippen molar-refractivity contribution >= 4 is 23.4 Å². The van der Waals surface area contributed by atoms with Crippen LogP contribution in [0.5, 0.6) is 0 Å². The molecule has 8 heteroatoms. The summed E-state index contributed by atoms with van der Waals surface area (Å²) in [5, 5.41) is 3.86. The highest BCUT2D eigenvalue weighted by atomic mass is 35.5. The second kappa shape index (κ2) is 12.2. The smallest absolute Gasteiger partial charge is 0.253 e. The van der Waals surface area contributed by atoms with E-state index in [4.69, 9.17) is 16.3 Å². The van der Waals surface area contributed by atoms with Gasteiger partial charge in [0, 0.05) is 56.4 Å². The molecule has 1 aromatic rings. The fraction of sp³-hybridized carbons (Fsp3) is 0.680. The molecule has 1 saturated carbocycles. The van der Waals surface area contributed by atoms with Gasteiger partial charge < -0.3 is 15.0 Å². The van der Waals surface area contributed by atoms with Gasteiger partial charge in [0.1, 0.15) is 0 Å². The van der Waals surface area contributed by atoms with Crippen molar-refractivity contribution in [1.82, 2.24) is 20.0 Å². The van der Waals surface area contributed by atoms with Crippen molar-refractivity contribution in [1.29, 1.82) is 0 Å². The maximum Gasteiger partial charge on any atom is 0.253 e. The van der Waals surface area contributed by atoms with Gasteiger partial charge >= 0.3 is 0 Å². The summed E-state index contributed by atoms with van der Waals surface area (Å²) >= 11 is 5.96. The van der Waals surface area contributed by atoms with Crippen molar-refractivity contribution in [2.24, 2.45) is 5.92 Å². The molecule has 0 spiro atoms. The molecule has 1 aliphatic carbocycles. The maximum absolute atomic E-state index is 13.3. The standard InChI is InChI=1S/C25H37ClN4O3/c26-22-8-6-21(7-9-22)25(32)30-14-12-29(13-15-30)23(20-4-1-2-5-20)24(31)27-10-3-11-28-16-18-33-19-17-28/h6-9,20,23H,1-5,10-19H2,(H,27,31)/t23-/m1/s1. The predicted octanol–water partition coefficient (Wildman–Crippen LogP) is 2.50. The zero-order valence-corrected chi connectivity index (χ0v) is 20.3. The molecule has 2 saturated heterocycles. The van der Waals surface area contributed by atoms with E-state index in [2.05, 4.69) is 15.1 Å². The lowest BCUT2D eigenvalue weighted by Gasteiger charge is -2.40. The van der Waals surface area contributed by atoms with Gasteiger partial charge in [0.2, 0.25) is 5.91 Å². The average molecular weight is 477 g/mol. The third-order valence-corrected chi connectivity index (χ3v) is 7.51. The molecule has 1 atom stereocenters. The van der Waals surface area contributed by atoms with Crippen LogP contribution in [0.1, 0.15) is 42.5 Å². The van der Waals surface area contributed by atoms with Crippen LogP contribution >= 0.6 is 11.6 Å². The number of halogens is 1. The van der Waals surface area contributed by atoms with Crippen LogP contribution in [0.2, 0.25) is 5.02 Å². The van der Waals surface area contributed by atoms with Gasteiger partial charge in [-0.15, -0.1) is 0 Å². The molecule has 1 N–H and O–H groups in total. The number of ether oxygens (including phenoxy) is 1. The molecule has 1 aromatic carbocycles. The highest BCUT2D eigenvalue weighted by Gasteiger charge is 2.37. The predicted molar refractivity (Wildman–Crippen MR) is 130 cm³/mol. The van der Waals surface area contributed by atoms with E-state index in [9.17, 15) is 9.59 Å². The molecule has 0 radical (unpaired) electrons. The number of benzene rings is 1. The first-order valence-corrected chi connectivity index (χ1v) is 12.9. The molecule has 0 bridgehead atoms. The lowest BCUT2D eigenvalue weighted by atomic mass is 9.95. The SMILES string of the molecule is O=C(NCCCN1CCOCC1)[C@@H](C1CCCC1)N1CCN(C(=O)c2ccc(Cl)cc2)CC1. The Labute approximate surface area is 202 Å². The van der Waals surface area contributed by atoms with E-state index in [0.29, 0.717) is 36.1 Å². The second-order valence-corrected chi connectivity index (χ2v) is 9.86. The third-order valence-electron chi connectivity index (χ3n) is 7.26. The van der Waals surface area contributed by atoms with E-state index in [1.165, 1.54) is 12.8 Å². The normalized spacial score (nSPS) is 21.8. The summed E-state index contributed by atoms with van der Waals surface area (Å²) in [6.45, 7) is 8.07. The van der Waals surface area contributed by atoms with Crippen molar-refractivity contribution in [3.8, 4) is 0 Å². The average Bonchev–Trinajstić information content (AvgIpc) is 3.37. The highest BCUT2D eigenvalue weighted by molar-refractivity contribution is 6.30. The zero-order chi connectivity index (χ0) is 23.0. The van der Waals surface area contributed by atoms with Crippen molar-refractivity contribution in [2.45, 2.75) is 38.1 Å². The Hall–Kier alpha value is -1.67. The Kier molecular flexibility index (Phi) is 9.01. The minimum Gasteiger partial charge on any atom is -0.379 e. The largest absolute Gasteiger partial charge is 0.379 e. The summed E-state index contributed by atoms with van der Waals surface area (Å²) in [5.41, 5.74) is 0.665. The minimum absolute atomic E-state index is 0.0382. The molecule has 3 fully saturated rings. The summed E-state index contributed by atoms with van der Waals surface area (Å²) in [4.78, 5) is 32.7. The van der Waals surface area contributed by atoms with Crippen LogP contribution in [0.15, 0.2) is 24.3 Å². The van der Waals surface area contributed by atoms with Crippen molar-refractivity contribution < 1.29 is 14.3 Å². The maximum atomic E-state index is 13.3. The number of piperazine rings is 1. The van der Waals surface area contributed by atoms with E-state index < -0.39 is 0 Å². The Bertz CT molecular complexity index is 770. The number of carbonyl (C=O) groups is 2. The van der Waals surface area contributed by atoms with Gasteiger partial charge in [-0.25, -0.2) is 0 Å². The Balaban J connectivity index is 1.28. The van der Waals surface area contributed by atoms with Crippen LogP contribution in [0.4, 0.5) is 0 Å². The lowest BCUT2D eigenvalue weighted by molar-refractivity contribution is -0.129. The Morgan fingerprint density at radius 3 is 2.33 bits per heavy atom. The van der Waals surface area contributed by atoms with Crippen LogP contribution in [0, 0.1) is 5.92 Å². The molecular weight excluding hydrogens is 440 g/mol.